The van der Waals surface area contributed by atoms with Gasteiger partial charge in [0.1, 0.15) is 0 Å². The lowest BCUT2D eigenvalue weighted by atomic mass is 9.84. The standard InChI is InChI=1S/C20H37F3O2Si/c1-6-8-10-11-14-19(25-17-26(4)5,18(3)13-9-7-2)20(22,23)24-16-12-15-21/h6,26H,1,3,7-17H2,2,4-5H3. The molecule has 0 aliphatic carbocycles. The van der Waals surface area contributed by atoms with Crippen molar-refractivity contribution in [3.63, 3.8) is 0 Å². The Morgan fingerprint density at radius 1 is 1.12 bits per heavy atom. The van der Waals surface area contributed by atoms with E-state index in [1.807, 2.05) is 6.92 Å². The van der Waals surface area contributed by atoms with Gasteiger partial charge in [0.15, 0.2) is 5.60 Å². The fourth-order valence-electron chi connectivity index (χ4n) is 2.72. The summed E-state index contributed by atoms with van der Waals surface area (Å²) in [5.41, 5.74) is -1.45. The van der Waals surface area contributed by atoms with Gasteiger partial charge in [-0.2, -0.15) is 8.78 Å². The summed E-state index contributed by atoms with van der Waals surface area (Å²) in [6.07, 6.45) is 2.91. The van der Waals surface area contributed by atoms with E-state index < -0.39 is 27.2 Å². The van der Waals surface area contributed by atoms with E-state index in [4.69, 9.17) is 9.47 Å². The highest BCUT2D eigenvalue weighted by Crippen LogP contribution is 2.44. The first-order valence-corrected chi connectivity index (χ1v) is 12.9. The average Bonchev–Trinajstić information content (AvgIpc) is 2.58. The first kappa shape index (κ1) is 25.4. The normalized spacial score (nSPS) is 14.4. The molecule has 0 aromatic carbocycles. The van der Waals surface area contributed by atoms with Crippen LogP contribution in [0.1, 0.15) is 58.3 Å². The van der Waals surface area contributed by atoms with Gasteiger partial charge in [-0.15, -0.1) is 6.58 Å². The second kappa shape index (κ2) is 13.6. The van der Waals surface area contributed by atoms with Crippen molar-refractivity contribution >= 4 is 8.80 Å². The minimum absolute atomic E-state index is 0.0531. The van der Waals surface area contributed by atoms with Crippen LogP contribution in [0.15, 0.2) is 24.8 Å². The van der Waals surface area contributed by atoms with Crippen molar-refractivity contribution in [1.29, 1.82) is 0 Å². The lowest BCUT2D eigenvalue weighted by molar-refractivity contribution is -0.329. The largest absolute Gasteiger partial charge is 0.388 e. The molecule has 0 amide bonds. The predicted octanol–water partition coefficient (Wildman–Crippen LogP) is 6.23. The molecule has 0 heterocycles. The van der Waals surface area contributed by atoms with Crippen LogP contribution in [0.3, 0.4) is 0 Å². The first-order chi connectivity index (χ1) is 12.3. The molecule has 26 heavy (non-hydrogen) atoms. The van der Waals surface area contributed by atoms with Crippen LogP contribution in [0, 0.1) is 0 Å². The monoisotopic (exact) mass is 394 g/mol. The molecule has 1 unspecified atom stereocenters. The minimum Gasteiger partial charge on any atom is -0.365 e. The van der Waals surface area contributed by atoms with Crippen LogP contribution in [0.4, 0.5) is 13.2 Å². The van der Waals surface area contributed by atoms with Gasteiger partial charge in [-0.3, -0.25) is 4.39 Å². The minimum atomic E-state index is -3.52. The van der Waals surface area contributed by atoms with Gasteiger partial charge in [0.05, 0.1) is 22.1 Å². The van der Waals surface area contributed by atoms with Gasteiger partial charge >= 0.3 is 6.11 Å². The van der Waals surface area contributed by atoms with Crippen LogP contribution in [-0.2, 0) is 9.47 Å². The number of alkyl halides is 3. The molecular formula is C20H37F3O2Si. The Kier molecular flexibility index (Phi) is 13.2. The van der Waals surface area contributed by atoms with E-state index in [-0.39, 0.29) is 19.4 Å². The molecule has 2 nitrogen and oxygen atoms in total. The van der Waals surface area contributed by atoms with E-state index in [9.17, 15) is 4.39 Å². The summed E-state index contributed by atoms with van der Waals surface area (Å²) < 4.78 is 53.4. The third-order valence-electron chi connectivity index (χ3n) is 4.28. The number of ether oxygens (including phenoxy) is 2. The van der Waals surface area contributed by atoms with Crippen molar-refractivity contribution in [2.45, 2.75) is 83.1 Å². The van der Waals surface area contributed by atoms with Crippen molar-refractivity contribution < 1.29 is 22.6 Å². The smallest absolute Gasteiger partial charge is 0.365 e. The van der Waals surface area contributed by atoms with Crippen molar-refractivity contribution in [2.24, 2.45) is 0 Å². The number of allylic oxidation sites excluding steroid dienone is 1. The molecule has 0 bridgehead atoms. The topological polar surface area (TPSA) is 18.5 Å². The summed E-state index contributed by atoms with van der Waals surface area (Å²) in [5.74, 6) is 0. The second-order valence-corrected chi connectivity index (χ2v) is 10.3. The Morgan fingerprint density at radius 3 is 2.35 bits per heavy atom. The fraction of sp³-hybridized carbons (Fsp3) is 0.800. The van der Waals surface area contributed by atoms with Crippen molar-refractivity contribution in [3.05, 3.63) is 24.8 Å². The number of halogens is 3. The van der Waals surface area contributed by atoms with Gasteiger partial charge in [0.25, 0.3) is 0 Å². The van der Waals surface area contributed by atoms with Crippen LogP contribution in [0.5, 0.6) is 0 Å². The van der Waals surface area contributed by atoms with Crippen molar-refractivity contribution in [3.8, 4) is 0 Å². The van der Waals surface area contributed by atoms with E-state index in [1.165, 1.54) is 0 Å². The summed E-state index contributed by atoms with van der Waals surface area (Å²) in [6.45, 7) is 12.8. The molecule has 0 radical (unpaired) electrons. The van der Waals surface area contributed by atoms with Crippen LogP contribution in [-0.4, -0.2) is 40.0 Å². The van der Waals surface area contributed by atoms with Gasteiger partial charge in [0, 0.05) is 6.23 Å². The third kappa shape index (κ3) is 8.40. The lowest BCUT2D eigenvalue weighted by Gasteiger charge is -2.42. The molecule has 0 rings (SSSR count). The van der Waals surface area contributed by atoms with Crippen LogP contribution in [0.2, 0.25) is 13.1 Å². The lowest BCUT2D eigenvalue weighted by Crippen LogP contribution is -2.54. The summed E-state index contributed by atoms with van der Waals surface area (Å²) in [6, 6.07) is 0. The van der Waals surface area contributed by atoms with E-state index in [0.29, 0.717) is 24.6 Å². The molecule has 6 heteroatoms. The third-order valence-corrected chi connectivity index (χ3v) is 5.12. The summed E-state index contributed by atoms with van der Waals surface area (Å²) >= 11 is 0. The van der Waals surface area contributed by atoms with Gasteiger partial charge in [0.2, 0.25) is 0 Å². The molecule has 0 aliphatic rings. The molecule has 0 spiro atoms. The highest BCUT2D eigenvalue weighted by Gasteiger charge is 2.57. The Hall–Kier alpha value is -0.593. The molecular weight excluding hydrogens is 357 g/mol. The zero-order valence-electron chi connectivity index (χ0n) is 16.8. The summed E-state index contributed by atoms with van der Waals surface area (Å²) in [4.78, 5) is 0. The fourth-order valence-corrected chi connectivity index (χ4v) is 3.34. The quantitative estimate of drug-likeness (QED) is 0.165. The molecule has 0 saturated carbocycles. The highest BCUT2D eigenvalue weighted by molar-refractivity contribution is 6.55. The van der Waals surface area contributed by atoms with Gasteiger partial charge in [-0.1, -0.05) is 39.1 Å². The molecule has 0 saturated heterocycles. The van der Waals surface area contributed by atoms with Gasteiger partial charge in [-0.05, 0) is 50.5 Å². The first-order valence-electron chi connectivity index (χ1n) is 9.78. The summed E-state index contributed by atoms with van der Waals surface area (Å²) in [7, 11) is -1.22. The number of hydrogen-bond acceptors (Lipinski definition) is 2. The zero-order valence-corrected chi connectivity index (χ0v) is 18.0. The van der Waals surface area contributed by atoms with E-state index >= 15 is 8.78 Å². The maximum atomic E-state index is 15.2. The Labute approximate surface area is 159 Å². The Bertz CT molecular complexity index is 403. The molecule has 0 aromatic rings. The maximum Gasteiger partial charge on any atom is 0.388 e. The number of unbranched alkanes of at least 4 members (excludes halogenated alkanes) is 3. The SMILES string of the molecule is C=CCCCCC(OC[SiH](C)C)(C(=C)CCCC)C(F)(F)OCCCF. The summed E-state index contributed by atoms with van der Waals surface area (Å²) in [5, 5.41) is 0. The van der Waals surface area contributed by atoms with Crippen LogP contribution < -0.4 is 0 Å². The maximum absolute atomic E-state index is 15.2. The number of hydrogen-bond donors (Lipinski definition) is 0. The van der Waals surface area contributed by atoms with Gasteiger partial charge in [-0.25, -0.2) is 0 Å². The van der Waals surface area contributed by atoms with Gasteiger partial charge < -0.3 is 9.47 Å². The molecule has 0 N–H and O–H groups in total. The van der Waals surface area contributed by atoms with Crippen molar-refractivity contribution in [2.75, 3.05) is 19.5 Å². The van der Waals surface area contributed by atoms with Crippen LogP contribution in [0.25, 0.3) is 0 Å². The molecule has 1 atom stereocenters. The second-order valence-electron chi connectivity index (χ2n) is 7.18. The van der Waals surface area contributed by atoms with E-state index in [2.05, 4.69) is 26.3 Å². The average molecular weight is 395 g/mol. The van der Waals surface area contributed by atoms with Crippen LogP contribution >= 0.6 is 0 Å². The molecule has 0 aromatic heterocycles. The molecule has 154 valence electrons. The highest BCUT2D eigenvalue weighted by atomic mass is 28.3. The van der Waals surface area contributed by atoms with E-state index in [1.54, 1.807) is 6.08 Å². The Morgan fingerprint density at radius 2 is 1.81 bits per heavy atom. The van der Waals surface area contributed by atoms with Crippen molar-refractivity contribution in [1.82, 2.24) is 0 Å². The zero-order chi connectivity index (χ0) is 20.1. The molecule has 0 fully saturated rings. The van der Waals surface area contributed by atoms with E-state index in [0.717, 1.165) is 25.7 Å². The number of rotatable bonds is 17. The predicted molar refractivity (Wildman–Crippen MR) is 106 cm³/mol. The molecule has 0 aliphatic heterocycles. The Balaban J connectivity index is 5.56.